The van der Waals surface area contributed by atoms with Crippen LogP contribution in [0, 0.1) is 13.8 Å². The smallest absolute Gasteiger partial charge is 0.246 e. The highest BCUT2D eigenvalue weighted by Crippen LogP contribution is 2.29. The lowest BCUT2D eigenvalue weighted by molar-refractivity contribution is 0.185. The molecule has 0 saturated carbocycles. The van der Waals surface area contributed by atoms with Crippen molar-refractivity contribution in [3.63, 3.8) is 0 Å². The second-order valence-electron chi connectivity index (χ2n) is 7.42. The van der Waals surface area contributed by atoms with Crippen LogP contribution in [0.4, 0.5) is 0 Å². The molecule has 0 amide bonds. The standard InChI is InChI=1S/C19H26N4O2S/c1-14-19(15(2)21(3)20-14)26(24,25)23-11-9-18(13-23)22-10-8-16-6-4-5-7-17(16)12-22/h4-7,18H,8-13H2,1-3H3. The Morgan fingerprint density at radius 1 is 1.12 bits per heavy atom. The summed E-state index contributed by atoms with van der Waals surface area (Å²) in [5, 5.41) is 4.28. The van der Waals surface area contributed by atoms with Crippen molar-refractivity contribution in [2.45, 2.75) is 44.2 Å². The second kappa shape index (κ2) is 6.48. The Morgan fingerprint density at radius 3 is 2.54 bits per heavy atom. The predicted octanol–water partition coefficient (Wildman–Crippen LogP) is 1.86. The largest absolute Gasteiger partial charge is 0.294 e. The highest BCUT2D eigenvalue weighted by atomic mass is 32.2. The third-order valence-corrected chi connectivity index (χ3v) is 7.96. The van der Waals surface area contributed by atoms with Gasteiger partial charge in [-0.25, -0.2) is 8.42 Å². The van der Waals surface area contributed by atoms with Crippen molar-refractivity contribution >= 4 is 10.0 Å². The zero-order valence-electron chi connectivity index (χ0n) is 15.6. The maximum atomic E-state index is 13.2. The summed E-state index contributed by atoms with van der Waals surface area (Å²) in [5.41, 5.74) is 4.09. The lowest BCUT2D eigenvalue weighted by atomic mass is 9.98. The van der Waals surface area contributed by atoms with E-state index in [2.05, 4.69) is 34.3 Å². The van der Waals surface area contributed by atoms with Crippen molar-refractivity contribution in [1.82, 2.24) is 19.0 Å². The minimum Gasteiger partial charge on any atom is -0.294 e. The first kappa shape index (κ1) is 17.7. The van der Waals surface area contributed by atoms with Crippen molar-refractivity contribution < 1.29 is 8.42 Å². The first-order chi connectivity index (χ1) is 12.4. The SMILES string of the molecule is Cc1nn(C)c(C)c1S(=O)(=O)N1CCC(N2CCc3ccccc3C2)C1. The molecule has 1 atom stereocenters. The van der Waals surface area contributed by atoms with E-state index < -0.39 is 10.0 Å². The van der Waals surface area contributed by atoms with E-state index in [4.69, 9.17) is 0 Å². The summed E-state index contributed by atoms with van der Waals surface area (Å²) in [6, 6.07) is 8.85. The third kappa shape index (κ3) is 2.88. The van der Waals surface area contributed by atoms with E-state index in [0.717, 1.165) is 25.9 Å². The molecule has 0 aliphatic carbocycles. The molecule has 140 valence electrons. The average molecular weight is 375 g/mol. The van der Waals surface area contributed by atoms with Crippen molar-refractivity contribution in [2.75, 3.05) is 19.6 Å². The Hall–Kier alpha value is -1.70. The fraction of sp³-hybridized carbons (Fsp3) is 0.526. The first-order valence-corrected chi connectivity index (χ1v) is 10.6. The van der Waals surface area contributed by atoms with Crippen molar-refractivity contribution in [1.29, 1.82) is 0 Å². The molecule has 1 saturated heterocycles. The summed E-state index contributed by atoms with van der Waals surface area (Å²) in [6.45, 7) is 6.66. The molecular formula is C19H26N4O2S. The number of fused-ring (bicyclic) bond motifs is 1. The molecule has 6 nitrogen and oxygen atoms in total. The Balaban J connectivity index is 1.52. The summed E-state index contributed by atoms with van der Waals surface area (Å²) in [7, 11) is -1.70. The zero-order chi connectivity index (χ0) is 18.5. The van der Waals surface area contributed by atoms with E-state index in [-0.39, 0.29) is 6.04 Å². The highest BCUT2D eigenvalue weighted by Gasteiger charge is 2.38. The molecular weight excluding hydrogens is 348 g/mol. The Kier molecular flexibility index (Phi) is 4.41. The van der Waals surface area contributed by atoms with Gasteiger partial charge in [0.2, 0.25) is 10.0 Å². The molecule has 2 aliphatic heterocycles. The molecule has 1 fully saturated rings. The lowest BCUT2D eigenvalue weighted by Crippen LogP contribution is -2.41. The van der Waals surface area contributed by atoms with Gasteiger partial charge in [0.05, 0.1) is 11.4 Å². The Labute approximate surface area is 155 Å². The fourth-order valence-electron chi connectivity index (χ4n) is 4.31. The van der Waals surface area contributed by atoms with Gasteiger partial charge in [-0.05, 0) is 37.8 Å². The molecule has 4 rings (SSSR count). The number of sulfonamides is 1. The normalized spacial score (nSPS) is 21.9. The van der Waals surface area contributed by atoms with Gasteiger partial charge in [-0.15, -0.1) is 0 Å². The number of aromatic nitrogens is 2. The van der Waals surface area contributed by atoms with Gasteiger partial charge in [0.25, 0.3) is 0 Å². The maximum absolute atomic E-state index is 13.2. The molecule has 0 N–H and O–H groups in total. The van der Waals surface area contributed by atoms with Crippen LogP contribution in [0.25, 0.3) is 0 Å². The van der Waals surface area contributed by atoms with Crippen molar-refractivity contribution in [3.05, 3.63) is 46.8 Å². The van der Waals surface area contributed by atoms with Crippen LogP contribution in [-0.4, -0.2) is 53.1 Å². The monoisotopic (exact) mass is 374 g/mol. The van der Waals surface area contributed by atoms with Crippen LogP contribution in [-0.2, 0) is 30.0 Å². The number of benzene rings is 1. The summed E-state index contributed by atoms with van der Waals surface area (Å²) in [6.07, 6.45) is 1.93. The van der Waals surface area contributed by atoms with Gasteiger partial charge in [0.15, 0.2) is 0 Å². The minimum absolute atomic E-state index is 0.287. The van der Waals surface area contributed by atoms with E-state index in [1.807, 2.05) is 6.92 Å². The molecule has 0 radical (unpaired) electrons. The van der Waals surface area contributed by atoms with Crippen LogP contribution in [0.2, 0.25) is 0 Å². The maximum Gasteiger partial charge on any atom is 0.246 e. The topological polar surface area (TPSA) is 58.4 Å². The van der Waals surface area contributed by atoms with Crippen molar-refractivity contribution in [3.8, 4) is 0 Å². The van der Waals surface area contributed by atoms with E-state index in [1.165, 1.54) is 11.1 Å². The lowest BCUT2D eigenvalue weighted by Gasteiger charge is -2.33. The number of hydrogen-bond acceptors (Lipinski definition) is 4. The quantitative estimate of drug-likeness (QED) is 0.823. The number of hydrogen-bond donors (Lipinski definition) is 0. The van der Waals surface area contributed by atoms with Gasteiger partial charge in [-0.2, -0.15) is 9.40 Å². The summed E-state index contributed by atoms with van der Waals surface area (Å²) in [5.74, 6) is 0. The first-order valence-electron chi connectivity index (χ1n) is 9.19. The van der Waals surface area contributed by atoms with Gasteiger partial charge in [0, 0.05) is 39.3 Å². The molecule has 26 heavy (non-hydrogen) atoms. The molecule has 1 aromatic heterocycles. The van der Waals surface area contributed by atoms with Gasteiger partial charge in [0.1, 0.15) is 4.90 Å². The van der Waals surface area contributed by atoms with Crippen LogP contribution in [0.5, 0.6) is 0 Å². The molecule has 1 aromatic carbocycles. The zero-order valence-corrected chi connectivity index (χ0v) is 16.5. The highest BCUT2D eigenvalue weighted by molar-refractivity contribution is 7.89. The predicted molar refractivity (Wildman–Crippen MR) is 100 cm³/mol. The van der Waals surface area contributed by atoms with Gasteiger partial charge in [-0.1, -0.05) is 24.3 Å². The van der Waals surface area contributed by atoms with E-state index >= 15 is 0 Å². The summed E-state index contributed by atoms with van der Waals surface area (Å²) < 4.78 is 29.6. The second-order valence-corrected chi connectivity index (χ2v) is 9.29. The molecule has 3 heterocycles. The Bertz CT molecular complexity index is 935. The molecule has 1 unspecified atom stereocenters. The molecule has 2 aliphatic rings. The third-order valence-electron chi connectivity index (χ3n) is 5.84. The molecule has 0 spiro atoms. The molecule has 2 aromatic rings. The van der Waals surface area contributed by atoms with E-state index in [1.54, 1.807) is 23.0 Å². The van der Waals surface area contributed by atoms with Crippen LogP contribution in [0.3, 0.4) is 0 Å². The van der Waals surface area contributed by atoms with Crippen LogP contribution in [0.1, 0.15) is 28.9 Å². The van der Waals surface area contributed by atoms with Crippen molar-refractivity contribution in [2.24, 2.45) is 7.05 Å². The summed E-state index contributed by atoms with van der Waals surface area (Å²) >= 11 is 0. The molecule has 0 bridgehead atoms. The number of rotatable bonds is 3. The van der Waals surface area contributed by atoms with E-state index in [9.17, 15) is 8.42 Å². The van der Waals surface area contributed by atoms with Gasteiger partial charge < -0.3 is 0 Å². The number of aryl methyl sites for hydroxylation is 2. The average Bonchev–Trinajstić information content (AvgIpc) is 3.20. The molecule has 7 heteroatoms. The van der Waals surface area contributed by atoms with Gasteiger partial charge in [-0.3, -0.25) is 9.58 Å². The van der Waals surface area contributed by atoms with E-state index in [0.29, 0.717) is 29.4 Å². The van der Waals surface area contributed by atoms with Gasteiger partial charge >= 0.3 is 0 Å². The van der Waals surface area contributed by atoms with Crippen LogP contribution < -0.4 is 0 Å². The van der Waals surface area contributed by atoms with Crippen LogP contribution >= 0.6 is 0 Å². The Morgan fingerprint density at radius 2 is 1.85 bits per heavy atom. The van der Waals surface area contributed by atoms with Crippen LogP contribution in [0.15, 0.2) is 29.2 Å². The fourth-order valence-corrected chi connectivity index (χ4v) is 6.20. The number of nitrogens with zero attached hydrogens (tertiary/aromatic N) is 4. The minimum atomic E-state index is -3.49. The summed E-state index contributed by atoms with van der Waals surface area (Å²) in [4.78, 5) is 2.82.